The molecule has 0 bridgehead atoms. The van der Waals surface area contributed by atoms with Gasteiger partial charge in [-0.15, -0.1) is 0 Å². The largest absolute Gasteiger partial charge is 0.388 e. The molecule has 1 amide bonds. The van der Waals surface area contributed by atoms with Crippen LogP contribution in [0.2, 0.25) is 0 Å². The first kappa shape index (κ1) is 16.8. The Morgan fingerprint density at radius 2 is 1.81 bits per heavy atom. The molecular weight excluding hydrogens is 264 g/mol. The van der Waals surface area contributed by atoms with E-state index in [4.69, 9.17) is 0 Å². The van der Waals surface area contributed by atoms with Gasteiger partial charge in [-0.1, -0.05) is 20.8 Å². The lowest BCUT2D eigenvalue weighted by Gasteiger charge is -2.41. The summed E-state index contributed by atoms with van der Waals surface area (Å²) in [7, 11) is 2.00. The second kappa shape index (κ2) is 6.25. The van der Waals surface area contributed by atoms with Gasteiger partial charge in [0.2, 0.25) is 5.91 Å². The SMILES string of the molecule is CN(CC(=O)NCC1(O)CCC(C(C)(C)C)CC1)C1CC1. The standard InChI is InChI=1S/C17H32N2O2/c1-16(2,3)13-7-9-17(21,10-8-13)12-18-15(20)11-19(4)14-5-6-14/h13-14,21H,5-12H2,1-4H3,(H,18,20). The molecule has 21 heavy (non-hydrogen) atoms. The minimum absolute atomic E-state index is 0.0377. The van der Waals surface area contributed by atoms with Crippen LogP contribution in [-0.2, 0) is 4.79 Å². The lowest BCUT2D eigenvalue weighted by Crippen LogP contribution is -2.48. The minimum Gasteiger partial charge on any atom is -0.388 e. The van der Waals surface area contributed by atoms with Crippen LogP contribution in [0.1, 0.15) is 59.3 Å². The van der Waals surface area contributed by atoms with Gasteiger partial charge in [-0.25, -0.2) is 0 Å². The summed E-state index contributed by atoms with van der Waals surface area (Å²) in [6, 6.07) is 0.598. The van der Waals surface area contributed by atoms with E-state index < -0.39 is 5.60 Å². The predicted molar refractivity (Wildman–Crippen MR) is 85.0 cm³/mol. The highest BCUT2D eigenvalue weighted by molar-refractivity contribution is 5.78. The van der Waals surface area contributed by atoms with Crippen LogP contribution >= 0.6 is 0 Å². The van der Waals surface area contributed by atoms with Gasteiger partial charge in [0, 0.05) is 12.6 Å². The Balaban J connectivity index is 1.71. The lowest BCUT2D eigenvalue weighted by atomic mass is 9.68. The van der Waals surface area contributed by atoms with Gasteiger partial charge in [0.25, 0.3) is 0 Å². The van der Waals surface area contributed by atoms with E-state index in [9.17, 15) is 9.90 Å². The second-order valence-corrected chi connectivity index (χ2v) is 8.29. The molecule has 0 unspecified atom stereocenters. The molecule has 0 heterocycles. The smallest absolute Gasteiger partial charge is 0.234 e. The maximum atomic E-state index is 11.9. The zero-order chi connectivity index (χ0) is 15.7. The van der Waals surface area contributed by atoms with Crippen LogP contribution in [0.25, 0.3) is 0 Å². The number of nitrogens with zero attached hydrogens (tertiary/aromatic N) is 1. The molecule has 4 nitrogen and oxygen atoms in total. The number of carbonyl (C=O) groups is 1. The molecule has 0 atom stereocenters. The van der Waals surface area contributed by atoms with Crippen molar-refractivity contribution in [1.82, 2.24) is 10.2 Å². The van der Waals surface area contributed by atoms with Crippen molar-refractivity contribution in [3.63, 3.8) is 0 Å². The summed E-state index contributed by atoms with van der Waals surface area (Å²) < 4.78 is 0. The van der Waals surface area contributed by atoms with E-state index in [0.717, 1.165) is 25.7 Å². The normalized spacial score (nSPS) is 30.5. The van der Waals surface area contributed by atoms with Crippen LogP contribution in [0.3, 0.4) is 0 Å². The summed E-state index contributed by atoms with van der Waals surface area (Å²) in [4.78, 5) is 14.0. The molecule has 0 spiro atoms. The molecular formula is C17H32N2O2. The maximum absolute atomic E-state index is 11.9. The number of amides is 1. The van der Waals surface area contributed by atoms with Gasteiger partial charge in [-0.05, 0) is 56.9 Å². The molecule has 0 aromatic heterocycles. The number of hydrogen-bond donors (Lipinski definition) is 2. The number of hydrogen-bond acceptors (Lipinski definition) is 3. The van der Waals surface area contributed by atoms with E-state index >= 15 is 0 Å². The monoisotopic (exact) mass is 296 g/mol. The molecule has 0 aliphatic heterocycles. The zero-order valence-electron chi connectivity index (χ0n) is 14.1. The first-order valence-corrected chi connectivity index (χ1v) is 8.39. The van der Waals surface area contributed by atoms with Crippen molar-refractivity contribution in [3.05, 3.63) is 0 Å². The fourth-order valence-corrected chi connectivity index (χ4v) is 3.39. The van der Waals surface area contributed by atoms with E-state index in [0.29, 0.717) is 30.5 Å². The summed E-state index contributed by atoms with van der Waals surface area (Å²) >= 11 is 0. The Morgan fingerprint density at radius 1 is 1.24 bits per heavy atom. The van der Waals surface area contributed by atoms with Crippen LogP contribution in [0.5, 0.6) is 0 Å². The van der Waals surface area contributed by atoms with Gasteiger partial charge in [0.15, 0.2) is 0 Å². The van der Waals surface area contributed by atoms with Crippen molar-refractivity contribution in [1.29, 1.82) is 0 Å². The highest BCUT2D eigenvalue weighted by Gasteiger charge is 2.37. The van der Waals surface area contributed by atoms with Crippen LogP contribution in [-0.4, -0.2) is 47.7 Å². The Bertz CT molecular complexity index is 363. The van der Waals surface area contributed by atoms with Crippen LogP contribution < -0.4 is 5.32 Å². The van der Waals surface area contributed by atoms with Crippen LogP contribution in [0, 0.1) is 11.3 Å². The molecule has 2 fully saturated rings. The molecule has 2 aliphatic carbocycles. The van der Waals surface area contributed by atoms with Gasteiger partial charge in [-0.2, -0.15) is 0 Å². The molecule has 122 valence electrons. The van der Waals surface area contributed by atoms with Gasteiger partial charge in [-0.3, -0.25) is 9.69 Å². The van der Waals surface area contributed by atoms with Crippen molar-refractivity contribution >= 4 is 5.91 Å². The first-order valence-electron chi connectivity index (χ1n) is 8.39. The molecule has 0 saturated heterocycles. The Morgan fingerprint density at radius 3 is 2.29 bits per heavy atom. The van der Waals surface area contributed by atoms with Gasteiger partial charge in [0.05, 0.1) is 12.1 Å². The summed E-state index contributed by atoms with van der Waals surface area (Å²) in [5.41, 5.74) is -0.382. The number of carbonyl (C=O) groups excluding carboxylic acids is 1. The summed E-state index contributed by atoms with van der Waals surface area (Å²) in [5.74, 6) is 0.713. The van der Waals surface area contributed by atoms with E-state index in [1.807, 2.05) is 7.05 Å². The number of rotatable bonds is 5. The minimum atomic E-state index is -0.699. The van der Waals surface area contributed by atoms with Gasteiger partial charge < -0.3 is 10.4 Å². The summed E-state index contributed by atoms with van der Waals surface area (Å²) in [6.45, 7) is 7.68. The zero-order valence-corrected chi connectivity index (χ0v) is 14.1. The van der Waals surface area contributed by atoms with Crippen molar-refractivity contribution < 1.29 is 9.90 Å². The van der Waals surface area contributed by atoms with E-state index in [-0.39, 0.29) is 5.91 Å². The third kappa shape index (κ3) is 4.96. The van der Waals surface area contributed by atoms with Crippen molar-refractivity contribution in [2.75, 3.05) is 20.1 Å². The molecule has 0 radical (unpaired) electrons. The Hall–Kier alpha value is -0.610. The first-order chi connectivity index (χ1) is 9.70. The van der Waals surface area contributed by atoms with E-state index in [1.165, 1.54) is 12.8 Å². The molecule has 2 N–H and O–H groups in total. The molecule has 2 rings (SSSR count). The predicted octanol–water partition coefficient (Wildman–Crippen LogP) is 2.16. The van der Waals surface area contributed by atoms with Gasteiger partial charge in [0.1, 0.15) is 0 Å². The maximum Gasteiger partial charge on any atom is 0.234 e. The van der Waals surface area contributed by atoms with Crippen LogP contribution in [0.15, 0.2) is 0 Å². The topological polar surface area (TPSA) is 52.6 Å². The molecule has 2 saturated carbocycles. The number of aliphatic hydroxyl groups is 1. The van der Waals surface area contributed by atoms with Crippen molar-refractivity contribution in [2.24, 2.45) is 11.3 Å². The fraction of sp³-hybridized carbons (Fsp3) is 0.941. The van der Waals surface area contributed by atoms with Gasteiger partial charge >= 0.3 is 0 Å². The van der Waals surface area contributed by atoms with Crippen LogP contribution in [0.4, 0.5) is 0 Å². The van der Waals surface area contributed by atoms with E-state index in [2.05, 4.69) is 31.0 Å². The summed E-state index contributed by atoms with van der Waals surface area (Å²) in [5, 5.41) is 13.6. The van der Waals surface area contributed by atoms with Crippen molar-refractivity contribution in [3.8, 4) is 0 Å². The third-order valence-electron chi connectivity index (χ3n) is 5.32. The average molecular weight is 296 g/mol. The molecule has 0 aromatic carbocycles. The van der Waals surface area contributed by atoms with E-state index in [1.54, 1.807) is 0 Å². The highest BCUT2D eigenvalue weighted by Crippen LogP contribution is 2.41. The highest BCUT2D eigenvalue weighted by atomic mass is 16.3. The number of nitrogens with one attached hydrogen (secondary N) is 1. The van der Waals surface area contributed by atoms with Crippen molar-refractivity contribution in [2.45, 2.75) is 70.9 Å². The Labute approximate surface area is 129 Å². The molecule has 0 aromatic rings. The third-order valence-corrected chi connectivity index (χ3v) is 5.32. The molecule has 4 heteroatoms. The summed E-state index contributed by atoms with van der Waals surface area (Å²) in [6.07, 6.45) is 6.13. The fourth-order valence-electron chi connectivity index (χ4n) is 3.39. The average Bonchev–Trinajstić information content (AvgIpc) is 3.20. The quantitative estimate of drug-likeness (QED) is 0.817. The second-order valence-electron chi connectivity index (χ2n) is 8.29. The Kier molecular flexibility index (Phi) is 4.99. The number of likely N-dealkylation sites (N-methyl/N-ethyl adjacent to an activating group) is 1. The lowest BCUT2D eigenvalue weighted by molar-refractivity contribution is -0.124. The molecule has 2 aliphatic rings.